The van der Waals surface area contributed by atoms with E-state index in [-0.39, 0.29) is 11.9 Å². The van der Waals surface area contributed by atoms with E-state index in [1.807, 2.05) is 42.5 Å². The topological polar surface area (TPSA) is 91.2 Å². The maximum absolute atomic E-state index is 13.2. The van der Waals surface area contributed by atoms with E-state index in [1.165, 1.54) is 11.0 Å². The zero-order valence-corrected chi connectivity index (χ0v) is 16.4. The number of tetrazole rings is 1. The standard InChI is InChI=1S/C21H23N5O3/c1-28-19-11-15-8-9-17(16(15)12-20(19)29-2)23-21(27)18(26-13-22-24-25-26)10-14-6-4-3-5-7-14/h3-7,11-13,17-18H,8-10H2,1-2H3,(H,23,27). The maximum Gasteiger partial charge on any atom is 0.245 e. The molecule has 150 valence electrons. The van der Waals surface area contributed by atoms with E-state index in [0.29, 0.717) is 17.9 Å². The van der Waals surface area contributed by atoms with Gasteiger partial charge in [-0.15, -0.1) is 5.10 Å². The van der Waals surface area contributed by atoms with Crippen LogP contribution in [-0.2, 0) is 17.6 Å². The Bertz CT molecular complexity index is 975. The normalized spacial score (nSPS) is 16.1. The van der Waals surface area contributed by atoms with Crippen LogP contribution in [0.3, 0.4) is 0 Å². The number of carbonyl (C=O) groups is 1. The summed E-state index contributed by atoms with van der Waals surface area (Å²) in [6.07, 6.45) is 3.67. The predicted octanol–water partition coefficient (Wildman–Crippen LogP) is 2.28. The van der Waals surface area contributed by atoms with Crippen molar-refractivity contribution < 1.29 is 14.3 Å². The molecule has 0 fully saturated rings. The molecule has 2 aromatic carbocycles. The third-order valence-corrected chi connectivity index (χ3v) is 5.30. The number of carbonyl (C=O) groups excluding carboxylic acids is 1. The van der Waals surface area contributed by atoms with Gasteiger partial charge in [-0.05, 0) is 52.1 Å². The quantitative estimate of drug-likeness (QED) is 0.662. The fourth-order valence-corrected chi connectivity index (χ4v) is 3.81. The van der Waals surface area contributed by atoms with Crippen LogP contribution >= 0.6 is 0 Å². The molecule has 1 aliphatic carbocycles. The summed E-state index contributed by atoms with van der Waals surface area (Å²) >= 11 is 0. The third-order valence-electron chi connectivity index (χ3n) is 5.30. The summed E-state index contributed by atoms with van der Waals surface area (Å²) in [4.78, 5) is 13.2. The van der Waals surface area contributed by atoms with Crippen molar-refractivity contribution >= 4 is 5.91 Å². The Morgan fingerprint density at radius 1 is 1.21 bits per heavy atom. The first kappa shape index (κ1) is 18.9. The van der Waals surface area contributed by atoms with Crippen LogP contribution in [0, 0.1) is 0 Å². The number of hydrogen-bond donors (Lipinski definition) is 1. The van der Waals surface area contributed by atoms with Gasteiger partial charge in [-0.3, -0.25) is 4.79 Å². The molecule has 1 N–H and O–H groups in total. The molecule has 8 heteroatoms. The minimum atomic E-state index is -0.531. The molecule has 0 bridgehead atoms. The van der Waals surface area contributed by atoms with Crippen LogP contribution in [0.5, 0.6) is 11.5 Å². The summed E-state index contributed by atoms with van der Waals surface area (Å²) in [5.74, 6) is 1.25. The highest BCUT2D eigenvalue weighted by molar-refractivity contribution is 5.81. The first-order chi connectivity index (χ1) is 14.2. The number of amides is 1. The first-order valence-electron chi connectivity index (χ1n) is 9.51. The molecule has 1 aromatic heterocycles. The number of aromatic nitrogens is 4. The highest BCUT2D eigenvalue weighted by Crippen LogP contribution is 2.39. The lowest BCUT2D eigenvalue weighted by Crippen LogP contribution is -2.36. The van der Waals surface area contributed by atoms with Gasteiger partial charge < -0.3 is 14.8 Å². The van der Waals surface area contributed by atoms with Crippen LogP contribution in [-0.4, -0.2) is 40.3 Å². The van der Waals surface area contributed by atoms with Crippen LogP contribution in [0.2, 0.25) is 0 Å². The second kappa shape index (κ2) is 8.30. The summed E-state index contributed by atoms with van der Waals surface area (Å²) in [5.41, 5.74) is 3.27. The van der Waals surface area contributed by atoms with Crippen molar-refractivity contribution in [2.75, 3.05) is 14.2 Å². The van der Waals surface area contributed by atoms with Crippen molar-refractivity contribution in [3.63, 3.8) is 0 Å². The fraction of sp³-hybridized carbons (Fsp3) is 0.333. The van der Waals surface area contributed by atoms with Crippen molar-refractivity contribution in [3.8, 4) is 11.5 Å². The maximum atomic E-state index is 13.2. The average molecular weight is 393 g/mol. The fourth-order valence-electron chi connectivity index (χ4n) is 3.81. The largest absolute Gasteiger partial charge is 0.493 e. The molecule has 3 aromatic rings. The number of nitrogens with zero attached hydrogens (tertiary/aromatic N) is 4. The van der Waals surface area contributed by atoms with E-state index in [1.54, 1.807) is 14.2 Å². The van der Waals surface area contributed by atoms with E-state index in [0.717, 1.165) is 29.5 Å². The van der Waals surface area contributed by atoms with Gasteiger partial charge >= 0.3 is 0 Å². The summed E-state index contributed by atoms with van der Waals surface area (Å²) < 4.78 is 12.3. The number of fused-ring (bicyclic) bond motifs is 1. The molecule has 2 atom stereocenters. The Morgan fingerprint density at radius 3 is 2.66 bits per heavy atom. The van der Waals surface area contributed by atoms with E-state index in [4.69, 9.17) is 9.47 Å². The highest BCUT2D eigenvalue weighted by Gasteiger charge is 2.30. The molecule has 0 saturated heterocycles. The van der Waals surface area contributed by atoms with Crippen LogP contribution in [0.25, 0.3) is 0 Å². The Hall–Kier alpha value is -3.42. The van der Waals surface area contributed by atoms with E-state index in [9.17, 15) is 4.79 Å². The van der Waals surface area contributed by atoms with Gasteiger partial charge in [0, 0.05) is 6.42 Å². The average Bonchev–Trinajstić information content (AvgIpc) is 3.42. The minimum absolute atomic E-state index is 0.0907. The number of ether oxygens (including phenoxy) is 2. The van der Waals surface area contributed by atoms with E-state index >= 15 is 0 Å². The highest BCUT2D eigenvalue weighted by atomic mass is 16.5. The summed E-state index contributed by atoms with van der Waals surface area (Å²) in [7, 11) is 3.24. The van der Waals surface area contributed by atoms with E-state index in [2.05, 4.69) is 20.8 Å². The van der Waals surface area contributed by atoms with Crippen LogP contribution < -0.4 is 14.8 Å². The molecule has 1 heterocycles. The number of hydrogen-bond acceptors (Lipinski definition) is 6. The summed E-state index contributed by atoms with van der Waals surface area (Å²) in [6, 6.07) is 13.2. The molecule has 0 aliphatic heterocycles. The van der Waals surface area contributed by atoms with Gasteiger partial charge in [-0.2, -0.15) is 0 Å². The summed E-state index contributed by atoms with van der Waals surface area (Å²) in [5, 5.41) is 14.5. The minimum Gasteiger partial charge on any atom is -0.493 e. The molecule has 1 amide bonds. The van der Waals surface area contributed by atoms with Gasteiger partial charge in [-0.1, -0.05) is 30.3 Å². The van der Waals surface area contributed by atoms with Gasteiger partial charge in [0.25, 0.3) is 0 Å². The van der Waals surface area contributed by atoms with Gasteiger partial charge in [0.2, 0.25) is 5.91 Å². The lowest BCUT2D eigenvalue weighted by atomic mass is 10.0. The van der Waals surface area contributed by atoms with Gasteiger partial charge in [-0.25, -0.2) is 4.68 Å². The number of nitrogens with one attached hydrogen (secondary N) is 1. The lowest BCUT2D eigenvalue weighted by Gasteiger charge is -2.21. The Kier molecular flexibility index (Phi) is 5.41. The molecule has 0 saturated carbocycles. The zero-order chi connectivity index (χ0) is 20.2. The monoisotopic (exact) mass is 393 g/mol. The van der Waals surface area contributed by atoms with Crippen molar-refractivity contribution in [2.45, 2.75) is 31.3 Å². The first-order valence-corrected chi connectivity index (χ1v) is 9.51. The van der Waals surface area contributed by atoms with Gasteiger partial charge in [0.05, 0.1) is 20.3 Å². The van der Waals surface area contributed by atoms with Crippen molar-refractivity contribution in [2.24, 2.45) is 0 Å². The molecule has 8 nitrogen and oxygen atoms in total. The third kappa shape index (κ3) is 3.91. The molecular weight excluding hydrogens is 370 g/mol. The zero-order valence-electron chi connectivity index (χ0n) is 16.4. The summed E-state index contributed by atoms with van der Waals surface area (Å²) in [6.45, 7) is 0. The molecule has 29 heavy (non-hydrogen) atoms. The predicted molar refractivity (Wildman–Crippen MR) is 106 cm³/mol. The molecule has 0 spiro atoms. The second-order valence-electron chi connectivity index (χ2n) is 7.00. The van der Waals surface area contributed by atoms with Crippen LogP contribution in [0.4, 0.5) is 0 Å². The number of rotatable bonds is 7. The van der Waals surface area contributed by atoms with Crippen LogP contribution in [0.1, 0.15) is 35.2 Å². The van der Waals surface area contributed by atoms with Gasteiger partial charge in [0.15, 0.2) is 11.5 Å². The Labute approximate surface area is 168 Å². The van der Waals surface area contributed by atoms with Crippen LogP contribution in [0.15, 0.2) is 48.8 Å². The second-order valence-corrected chi connectivity index (χ2v) is 7.00. The Morgan fingerprint density at radius 2 is 1.97 bits per heavy atom. The van der Waals surface area contributed by atoms with E-state index < -0.39 is 6.04 Å². The lowest BCUT2D eigenvalue weighted by molar-refractivity contribution is -0.125. The Balaban J connectivity index is 1.56. The van der Waals surface area contributed by atoms with Gasteiger partial charge in [0.1, 0.15) is 12.4 Å². The molecule has 4 rings (SSSR count). The van der Waals surface area contributed by atoms with Crippen molar-refractivity contribution in [1.82, 2.24) is 25.5 Å². The number of methoxy groups -OCH3 is 2. The number of aryl methyl sites for hydroxylation is 1. The van der Waals surface area contributed by atoms with Crippen molar-refractivity contribution in [3.05, 3.63) is 65.5 Å². The SMILES string of the molecule is COc1cc2c(cc1OC)C(NC(=O)C(Cc1ccccc1)n1cnnn1)CC2. The molecular formula is C21H23N5O3. The smallest absolute Gasteiger partial charge is 0.245 e. The molecule has 1 aliphatic rings. The number of benzene rings is 2. The van der Waals surface area contributed by atoms with Crippen molar-refractivity contribution in [1.29, 1.82) is 0 Å². The molecule has 0 radical (unpaired) electrons. The molecule has 2 unspecified atom stereocenters.